The molecule has 1 aliphatic rings. The molecule has 1 rings (SSSR count). The van der Waals surface area contributed by atoms with E-state index in [-0.39, 0.29) is 17.0 Å². The van der Waals surface area contributed by atoms with Gasteiger partial charge in [-0.05, 0) is 46.6 Å². The van der Waals surface area contributed by atoms with Crippen LogP contribution in [0, 0.1) is 0 Å². The first-order valence-electron chi connectivity index (χ1n) is 6.20. The van der Waals surface area contributed by atoms with Crippen LogP contribution in [0.3, 0.4) is 0 Å². The number of hydrogen-bond acceptors (Lipinski definition) is 3. The van der Waals surface area contributed by atoms with Crippen molar-refractivity contribution in [3.05, 3.63) is 11.5 Å². The minimum Gasteiger partial charge on any atom is -0.427 e. The first kappa shape index (κ1) is 14.5. The van der Waals surface area contributed by atoms with Gasteiger partial charge in [0.15, 0.2) is 5.78 Å². The molecule has 96 valence electrons. The molecule has 4 heteroatoms. The van der Waals surface area contributed by atoms with Crippen LogP contribution in [0.4, 0.5) is 0 Å². The molecule has 0 aromatic heterocycles. The lowest BCUT2D eigenvalue weighted by Crippen LogP contribution is -2.49. The summed E-state index contributed by atoms with van der Waals surface area (Å²) in [4.78, 5) is 11.3. The van der Waals surface area contributed by atoms with Crippen LogP contribution in [-0.4, -0.2) is 31.6 Å². The van der Waals surface area contributed by atoms with Crippen molar-refractivity contribution in [2.24, 2.45) is 0 Å². The zero-order valence-electron chi connectivity index (χ0n) is 11.6. The summed E-state index contributed by atoms with van der Waals surface area (Å²) in [7, 11) is 2.21. The van der Waals surface area contributed by atoms with Crippen LogP contribution in [0.1, 0.15) is 47.0 Å². The first-order valence-corrected chi connectivity index (χ1v) is 6.20. The number of allylic oxidation sites excluding steroid dienone is 2. The van der Waals surface area contributed by atoms with Crippen molar-refractivity contribution in [3.8, 4) is 0 Å². The van der Waals surface area contributed by atoms with Crippen molar-refractivity contribution < 1.29 is 14.2 Å². The van der Waals surface area contributed by atoms with Gasteiger partial charge in [-0.2, -0.15) is 0 Å². The molecule has 0 spiro atoms. The van der Waals surface area contributed by atoms with Crippen molar-refractivity contribution >= 4 is 13.3 Å². The highest BCUT2D eigenvalue weighted by molar-refractivity contribution is 6.39. The Kier molecular flexibility index (Phi) is 4.56. The third-order valence-electron chi connectivity index (χ3n) is 3.86. The van der Waals surface area contributed by atoms with E-state index in [1.54, 1.807) is 13.2 Å². The molecule has 0 aromatic rings. The lowest BCUT2D eigenvalue weighted by Gasteiger charge is -2.41. The van der Waals surface area contributed by atoms with E-state index < -0.39 is 0 Å². The van der Waals surface area contributed by atoms with E-state index in [1.807, 2.05) is 27.7 Å². The minimum absolute atomic E-state index is 0.221. The molecular weight excluding hydrogens is 215 g/mol. The molecule has 0 atom stereocenters. The van der Waals surface area contributed by atoms with Crippen molar-refractivity contribution in [3.63, 3.8) is 0 Å². The fourth-order valence-electron chi connectivity index (χ4n) is 1.67. The van der Waals surface area contributed by atoms with E-state index in [2.05, 4.69) is 0 Å². The average Bonchev–Trinajstić information content (AvgIpc) is 2.26. The van der Waals surface area contributed by atoms with Gasteiger partial charge in [0.1, 0.15) is 0 Å². The second-order valence-electron chi connectivity index (χ2n) is 5.64. The molecule has 0 aromatic carbocycles. The topological polar surface area (TPSA) is 35.5 Å². The molecule has 0 saturated heterocycles. The normalized spacial score (nSPS) is 17.9. The Morgan fingerprint density at radius 1 is 1.18 bits per heavy atom. The summed E-state index contributed by atoms with van der Waals surface area (Å²) < 4.78 is 11.4. The fourth-order valence-corrected chi connectivity index (χ4v) is 1.67. The maximum Gasteiger partial charge on any atom is 0.305 e. The van der Waals surface area contributed by atoms with E-state index >= 15 is 0 Å². The summed E-state index contributed by atoms with van der Waals surface area (Å²) in [6.07, 6.45) is 4.33. The van der Waals surface area contributed by atoms with Crippen LogP contribution in [0.5, 0.6) is 0 Å². The third kappa shape index (κ3) is 3.68. The highest BCUT2D eigenvalue weighted by Gasteiger charge is 2.38. The monoisotopic (exact) mass is 238 g/mol. The molecule has 0 fully saturated rings. The van der Waals surface area contributed by atoms with Gasteiger partial charge in [-0.25, -0.2) is 0 Å². The highest BCUT2D eigenvalue weighted by Crippen LogP contribution is 2.29. The molecule has 0 radical (unpaired) electrons. The lowest BCUT2D eigenvalue weighted by atomic mass is 9.77. The average molecular weight is 238 g/mol. The van der Waals surface area contributed by atoms with Crippen LogP contribution >= 0.6 is 0 Å². The number of rotatable bonds is 5. The van der Waals surface area contributed by atoms with Gasteiger partial charge < -0.3 is 9.39 Å². The maximum atomic E-state index is 11.3. The van der Waals surface area contributed by atoms with Gasteiger partial charge in [0.25, 0.3) is 0 Å². The number of ketones is 1. The van der Waals surface area contributed by atoms with Gasteiger partial charge in [0, 0.05) is 13.5 Å². The molecule has 0 heterocycles. The number of carbonyl (C=O) groups excluding carboxylic acids is 1. The van der Waals surface area contributed by atoms with E-state index in [0.29, 0.717) is 13.9 Å². The first-order chi connectivity index (χ1) is 7.78. The van der Waals surface area contributed by atoms with Crippen LogP contribution < -0.4 is 0 Å². The Bertz CT molecular complexity index is 319. The molecule has 3 nitrogen and oxygen atoms in total. The molecule has 17 heavy (non-hydrogen) atoms. The van der Waals surface area contributed by atoms with E-state index in [9.17, 15) is 4.79 Å². The van der Waals surface area contributed by atoms with Crippen LogP contribution in [0.15, 0.2) is 11.5 Å². The van der Waals surface area contributed by atoms with Crippen LogP contribution in [0.2, 0.25) is 0 Å². The van der Waals surface area contributed by atoms with E-state index in [4.69, 9.17) is 9.39 Å². The van der Waals surface area contributed by atoms with Crippen molar-refractivity contribution in [1.82, 2.24) is 0 Å². The Balaban J connectivity index is 2.58. The summed E-state index contributed by atoms with van der Waals surface area (Å²) in [6.45, 7) is 8.05. The van der Waals surface area contributed by atoms with Gasteiger partial charge in [-0.1, -0.05) is 5.47 Å². The Labute approximate surface area is 105 Å². The van der Waals surface area contributed by atoms with Crippen molar-refractivity contribution in [2.75, 3.05) is 7.11 Å². The standard InChI is InChI=1S/C13H23BO3/c1-12(2,16-5)13(3,4)17-14-10-7-6-8-11(15)9-10/h9,14H,6-8H2,1-5H3. The summed E-state index contributed by atoms with van der Waals surface area (Å²) in [5.41, 5.74) is 0.358. The second kappa shape index (κ2) is 5.36. The maximum absolute atomic E-state index is 11.3. The Morgan fingerprint density at radius 2 is 1.82 bits per heavy atom. The van der Waals surface area contributed by atoms with Gasteiger partial charge in [0.05, 0.1) is 11.2 Å². The molecule has 0 aliphatic heterocycles. The van der Waals surface area contributed by atoms with Crippen molar-refractivity contribution in [2.45, 2.75) is 58.2 Å². The zero-order chi connectivity index (χ0) is 13.1. The Hall–Kier alpha value is -0.605. The highest BCUT2D eigenvalue weighted by atomic mass is 16.5. The molecule has 0 N–H and O–H groups in total. The molecular formula is C13H23BO3. The molecule has 0 unspecified atom stereocenters. The van der Waals surface area contributed by atoms with Gasteiger partial charge >= 0.3 is 7.48 Å². The zero-order valence-corrected chi connectivity index (χ0v) is 11.6. The number of carbonyl (C=O) groups is 1. The van der Waals surface area contributed by atoms with Crippen LogP contribution in [-0.2, 0) is 14.2 Å². The second-order valence-corrected chi connectivity index (χ2v) is 5.64. The van der Waals surface area contributed by atoms with Crippen LogP contribution in [0.25, 0.3) is 0 Å². The van der Waals surface area contributed by atoms with Gasteiger partial charge in [-0.15, -0.1) is 0 Å². The smallest absolute Gasteiger partial charge is 0.305 e. The lowest BCUT2D eigenvalue weighted by molar-refractivity contribution is -0.115. The van der Waals surface area contributed by atoms with Gasteiger partial charge in [-0.3, -0.25) is 4.79 Å². The summed E-state index contributed by atoms with van der Waals surface area (Å²) >= 11 is 0. The predicted molar refractivity (Wildman–Crippen MR) is 70.3 cm³/mol. The summed E-state index contributed by atoms with van der Waals surface area (Å²) in [5, 5.41) is 0. The molecule has 0 amide bonds. The van der Waals surface area contributed by atoms with E-state index in [1.165, 1.54) is 0 Å². The van der Waals surface area contributed by atoms with Gasteiger partial charge in [0.2, 0.25) is 0 Å². The predicted octanol–water partition coefficient (Wildman–Crippen LogP) is 2.20. The number of methoxy groups -OCH3 is 1. The number of ether oxygens (including phenoxy) is 1. The largest absolute Gasteiger partial charge is 0.427 e. The summed E-state index contributed by atoms with van der Waals surface area (Å²) in [6, 6.07) is 0. The quantitative estimate of drug-likeness (QED) is 0.689. The van der Waals surface area contributed by atoms with Crippen molar-refractivity contribution in [1.29, 1.82) is 0 Å². The Morgan fingerprint density at radius 3 is 2.35 bits per heavy atom. The SMILES string of the molecule is COC(C)(C)C(C)(C)OBC1=CC(=O)CCC1. The number of hydrogen-bond donors (Lipinski definition) is 0. The molecule has 0 saturated carbocycles. The third-order valence-corrected chi connectivity index (χ3v) is 3.86. The van der Waals surface area contributed by atoms with E-state index in [0.717, 1.165) is 18.3 Å². The summed E-state index contributed by atoms with van der Waals surface area (Å²) in [5.74, 6) is 0.221. The fraction of sp³-hybridized carbons (Fsp3) is 0.769. The minimum atomic E-state index is -0.386. The molecule has 0 bridgehead atoms. The molecule has 1 aliphatic carbocycles.